The number of fused-ring (bicyclic) bond motifs is 1. The number of halogens is 1. The number of hydrogen-bond acceptors (Lipinski definition) is 11. The number of likely N-dealkylation sites (tertiary alicyclic amines) is 1. The number of nitrogens with zero attached hydrogens (tertiary/aromatic N) is 8. The number of ether oxygens (including phenoxy) is 1. The lowest BCUT2D eigenvalue weighted by molar-refractivity contribution is -0.258. The number of anilines is 2. The lowest BCUT2D eigenvalue weighted by Gasteiger charge is -2.70. The third-order valence-corrected chi connectivity index (χ3v) is 13.2. The maximum absolute atomic E-state index is 13.6. The average molecular weight is 796 g/mol. The van der Waals surface area contributed by atoms with Crippen molar-refractivity contribution in [2.75, 3.05) is 62.2 Å². The number of primary amides is 1. The van der Waals surface area contributed by atoms with E-state index in [-0.39, 0.29) is 17.4 Å². The molecular formula is C41H50ClN11O4. The second-order valence-electron chi connectivity index (χ2n) is 17.3. The first-order valence-corrected chi connectivity index (χ1v) is 20.1. The summed E-state index contributed by atoms with van der Waals surface area (Å²) >= 11 is 6.41. The molecule has 6 heterocycles. The molecule has 15 nitrogen and oxygen atoms in total. The number of aromatic nitrogens is 2. The molecule has 3 saturated heterocycles. The summed E-state index contributed by atoms with van der Waals surface area (Å²) in [6, 6.07) is 10.7. The molecule has 1 atom stereocenters. The number of imide groups is 1. The van der Waals surface area contributed by atoms with Crippen LogP contribution in [0.5, 0.6) is 5.75 Å². The summed E-state index contributed by atoms with van der Waals surface area (Å²) in [6.45, 7) is 15.1. The lowest BCUT2D eigenvalue weighted by atomic mass is 9.39. The molecule has 2 aromatic heterocycles. The van der Waals surface area contributed by atoms with Crippen molar-refractivity contribution in [3.63, 3.8) is 0 Å². The topological polar surface area (TPSA) is 177 Å². The van der Waals surface area contributed by atoms with Gasteiger partial charge in [-0.15, -0.1) is 0 Å². The Morgan fingerprint density at radius 1 is 1.02 bits per heavy atom. The van der Waals surface area contributed by atoms with Crippen LogP contribution in [0.15, 0.2) is 60.0 Å². The Hall–Kier alpha value is -5.33. The molecule has 57 heavy (non-hydrogen) atoms. The van der Waals surface area contributed by atoms with Gasteiger partial charge in [0.05, 0.1) is 16.8 Å². The molecule has 8 rings (SSSR count). The zero-order valence-corrected chi connectivity index (χ0v) is 33.7. The van der Waals surface area contributed by atoms with Crippen LogP contribution in [0.4, 0.5) is 16.3 Å². The number of hydrogen-bond donors (Lipinski definition) is 3. The fraction of sp³-hybridized carbons (Fsp3) is 0.512. The minimum atomic E-state index is -1.45. The molecule has 5 aliphatic rings. The number of amides is 4. The molecule has 0 bridgehead atoms. The summed E-state index contributed by atoms with van der Waals surface area (Å²) in [5.74, 6) is 1.58. The van der Waals surface area contributed by atoms with Crippen molar-refractivity contribution in [1.82, 2.24) is 29.9 Å². The number of imidazole rings is 1. The number of piperidine rings is 1. The molecule has 0 spiro atoms. The highest BCUT2D eigenvalue weighted by atomic mass is 35.5. The predicted molar refractivity (Wildman–Crippen MR) is 217 cm³/mol. The van der Waals surface area contributed by atoms with Crippen LogP contribution in [0, 0.1) is 28.1 Å². The van der Waals surface area contributed by atoms with Crippen LogP contribution in [0.1, 0.15) is 58.9 Å². The number of amidine groups is 1. The van der Waals surface area contributed by atoms with Crippen LogP contribution in [0.3, 0.4) is 0 Å². The number of urea groups is 1. The van der Waals surface area contributed by atoms with E-state index >= 15 is 0 Å². The van der Waals surface area contributed by atoms with Gasteiger partial charge in [-0.3, -0.25) is 34.5 Å². The minimum Gasteiger partial charge on any atom is -0.483 e. The zero-order valence-electron chi connectivity index (χ0n) is 32.9. The molecule has 0 radical (unpaired) electrons. The number of piperazine rings is 1. The van der Waals surface area contributed by atoms with Crippen molar-refractivity contribution >= 4 is 52.4 Å². The van der Waals surface area contributed by atoms with E-state index in [1.807, 2.05) is 22.7 Å². The Bertz CT molecular complexity index is 2200. The van der Waals surface area contributed by atoms with E-state index in [4.69, 9.17) is 27.2 Å². The Kier molecular flexibility index (Phi) is 9.63. The van der Waals surface area contributed by atoms with Crippen LogP contribution in [0.2, 0.25) is 5.02 Å². The predicted octanol–water partition coefficient (Wildman–Crippen LogP) is 4.11. The van der Waals surface area contributed by atoms with Gasteiger partial charge in [0, 0.05) is 93.6 Å². The standard InChI is InChI=1S/C41H50ClN11O4/c1-38(2)26-39(3,4)41(38,57-30-6-5-28(23-43)31(42)22-30)40(36(44)55)12-7-32(47-48-40)51-13-8-27(9-14-51)25-49-17-19-50(20-18-49)29-10-15-52-33(21-29)45-24-35(52)53-16-11-34(54)46-37(53)56/h5-7,10,12,15,21-22,24,27,48H,8-9,11,13-14,16-20,25-26H2,1-4H3,(H2,44,55)(H,46,54,56)/t40-/m0/s1. The third-order valence-electron chi connectivity index (χ3n) is 12.9. The number of nitrogens with two attached hydrogens (primary N) is 1. The monoisotopic (exact) mass is 795 g/mol. The first-order valence-electron chi connectivity index (χ1n) is 19.7. The largest absolute Gasteiger partial charge is 0.483 e. The number of nitrogens with one attached hydrogen (secondary N) is 2. The SMILES string of the molecule is CC1(C)CC(C)(C)C1(Oc1ccc(C#N)c(Cl)c1)[C@@]1(C(N)=O)C=CC(N2CCC(CN3CCN(c4ccn5c(N6CCC(=O)NC6=O)cnc5c4)CC3)CC2)=NN1. The fourth-order valence-corrected chi connectivity index (χ4v) is 10.8. The normalized spacial score (nSPS) is 24.6. The summed E-state index contributed by atoms with van der Waals surface area (Å²) in [4.78, 5) is 51.0. The second-order valence-corrected chi connectivity index (χ2v) is 17.7. The molecule has 4 aliphatic heterocycles. The molecular weight excluding hydrogens is 746 g/mol. The van der Waals surface area contributed by atoms with Crippen LogP contribution in [-0.4, -0.2) is 106 Å². The van der Waals surface area contributed by atoms with Gasteiger partial charge in [-0.1, -0.05) is 39.3 Å². The molecule has 4 amide bonds. The smallest absolute Gasteiger partial charge is 0.329 e. The molecule has 4 fully saturated rings. The molecule has 3 aromatic rings. The van der Waals surface area contributed by atoms with Crippen LogP contribution in [-0.2, 0) is 9.59 Å². The van der Waals surface area contributed by atoms with Crippen LogP contribution in [0.25, 0.3) is 5.65 Å². The summed E-state index contributed by atoms with van der Waals surface area (Å²) < 4.78 is 8.76. The van der Waals surface area contributed by atoms with Crippen molar-refractivity contribution in [3.8, 4) is 11.8 Å². The van der Waals surface area contributed by atoms with Crippen molar-refractivity contribution in [2.45, 2.75) is 64.5 Å². The highest BCUT2D eigenvalue weighted by molar-refractivity contribution is 6.31. The van der Waals surface area contributed by atoms with Gasteiger partial charge < -0.3 is 20.3 Å². The van der Waals surface area contributed by atoms with Gasteiger partial charge >= 0.3 is 6.03 Å². The Morgan fingerprint density at radius 2 is 1.75 bits per heavy atom. The highest BCUT2D eigenvalue weighted by Gasteiger charge is 2.78. The van der Waals surface area contributed by atoms with E-state index in [0.717, 1.165) is 82.2 Å². The molecule has 1 aliphatic carbocycles. The van der Waals surface area contributed by atoms with Gasteiger partial charge in [-0.05, 0) is 55.5 Å². The zero-order chi connectivity index (χ0) is 40.3. The molecule has 1 aromatic carbocycles. The molecule has 16 heteroatoms. The first kappa shape index (κ1) is 38.5. The van der Waals surface area contributed by atoms with Crippen LogP contribution >= 0.6 is 11.6 Å². The maximum Gasteiger partial charge on any atom is 0.329 e. The molecule has 4 N–H and O–H groups in total. The Labute approximate surface area is 337 Å². The average Bonchev–Trinajstić information content (AvgIpc) is 3.60. The Balaban J connectivity index is 0.872. The van der Waals surface area contributed by atoms with E-state index in [1.165, 1.54) is 0 Å². The number of pyridine rings is 1. The van der Waals surface area contributed by atoms with Gasteiger partial charge in [-0.2, -0.15) is 10.4 Å². The van der Waals surface area contributed by atoms with Crippen LogP contribution < -0.4 is 31.0 Å². The first-order chi connectivity index (χ1) is 27.2. The van der Waals surface area contributed by atoms with E-state index in [1.54, 1.807) is 29.3 Å². The van der Waals surface area contributed by atoms with E-state index in [2.05, 4.69) is 76.3 Å². The van der Waals surface area contributed by atoms with Crippen molar-refractivity contribution < 1.29 is 19.1 Å². The van der Waals surface area contributed by atoms with E-state index in [0.29, 0.717) is 29.6 Å². The van der Waals surface area contributed by atoms with E-state index in [9.17, 15) is 19.6 Å². The highest BCUT2D eigenvalue weighted by Crippen LogP contribution is 2.68. The third kappa shape index (κ3) is 6.43. The lowest BCUT2D eigenvalue weighted by Crippen LogP contribution is -2.85. The minimum absolute atomic E-state index is 0.261. The fourth-order valence-electron chi connectivity index (χ4n) is 10.6. The Morgan fingerprint density at radius 3 is 2.37 bits per heavy atom. The summed E-state index contributed by atoms with van der Waals surface area (Å²) in [6.07, 6.45) is 10.5. The molecule has 1 saturated carbocycles. The quantitative estimate of drug-likeness (QED) is 0.301. The molecule has 300 valence electrons. The van der Waals surface area contributed by atoms with Crippen molar-refractivity contribution in [2.24, 2.45) is 27.6 Å². The summed E-state index contributed by atoms with van der Waals surface area (Å²) in [5.41, 5.74) is 8.15. The van der Waals surface area contributed by atoms with E-state index < -0.39 is 33.9 Å². The number of rotatable bonds is 8. The second kappa shape index (κ2) is 14.2. The number of carbonyl (C=O) groups excluding carboxylic acids is 3. The van der Waals surface area contributed by atoms with Gasteiger partial charge in [0.25, 0.3) is 5.91 Å². The number of carbonyl (C=O) groups is 3. The molecule has 0 unspecified atom stereocenters. The van der Waals surface area contributed by atoms with Gasteiger partial charge in [0.15, 0.2) is 11.1 Å². The summed E-state index contributed by atoms with van der Waals surface area (Å²) in [7, 11) is 0. The number of nitriles is 1. The number of benzene rings is 1. The maximum atomic E-state index is 13.6. The van der Waals surface area contributed by atoms with Gasteiger partial charge in [-0.25, -0.2) is 9.78 Å². The van der Waals surface area contributed by atoms with Gasteiger partial charge in [0.1, 0.15) is 29.1 Å². The number of hydrazone groups is 1. The van der Waals surface area contributed by atoms with Crippen molar-refractivity contribution in [3.05, 3.63) is 65.5 Å². The van der Waals surface area contributed by atoms with Crippen molar-refractivity contribution in [1.29, 1.82) is 5.26 Å². The summed E-state index contributed by atoms with van der Waals surface area (Å²) in [5, 5.41) is 16.9. The van der Waals surface area contributed by atoms with Gasteiger partial charge in [0.2, 0.25) is 5.91 Å².